The smallest absolute Gasteiger partial charge is 0.0725 e. The molecule has 0 saturated heterocycles. The average molecular weight is 578 g/mol. The first-order valence-corrected chi connectivity index (χ1v) is 14.9. The Hall–Kier alpha value is -3.98. The molecular weight excluding hydrogens is 556 g/mol. The minimum absolute atomic E-state index is 0.282. The van der Waals surface area contributed by atoms with Crippen LogP contribution < -0.4 is 0 Å². The SMILES string of the molecule is Brc1cccc2sc3ccc(-c4ccc5c(c4)-c4ccccc4C54c5ccccc5-c5ccccc54)cc3c12. The fraction of sp³-hybridized carbons (Fsp3) is 0.0270. The Labute approximate surface area is 239 Å². The van der Waals surface area contributed by atoms with Gasteiger partial charge >= 0.3 is 0 Å². The lowest BCUT2D eigenvalue weighted by molar-refractivity contribution is 0.794. The predicted molar refractivity (Wildman–Crippen MR) is 169 cm³/mol. The van der Waals surface area contributed by atoms with Crippen LogP contribution in [0.5, 0.6) is 0 Å². The van der Waals surface area contributed by atoms with Gasteiger partial charge in [0.05, 0.1) is 5.41 Å². The van der Waals surface area contributed by atoms with Gasteiger partial charge in [-0.2, -0.15) is 0 Å². The predicted octanol–water partition coefficient (Wildman–Crippen LogP) is 10.8. The van der Waals surface area contributed by atoms with Crippen molar-refractivity contribution in [2.75, 3.05) is 0 Å². The van der Waals surface area contributed by atoms with Crippen molar-refractivity contribution in [1.29, 1.82) is 0 Å². The summed E-state index contributed by atoms with van der Waals surface area (Å²) in [6, 6.07) is 47.6. The maximum absolute atomic E-state index is 3.80. The number of halogens is 1. The first-order valence-electron chi connectivity index (χ1n) is 13.3. The van der Waals surface area contributed by atoms with Gasteiger partial charge in [0.1, 0.15) is 0 Å². The normalized spacial score (nSPS) is 14.0. The second-order valence-electron chi connectivity index (χ2n) is 10.6. The van der Waals surface area contributed by atoms with Gasteiger partial charge in [-0.25, -0.2) is 0 Å². The van der Waals surface area contributed by atoms with Gasteiger partial charge in [0.15, 0.2) is 0 Å². The van der Waals surface area contributed by atoms with Gasteiger partial charge < -0.3 is 0 Å². The number of hydrogen-bond acceptors (Lipinski definition) is 1. The molecule has 0 atom stereocenters. The van der Waals surface area contributed by atoms with E-state index in [0.29, 0.717) is 0 Å². The van der Waals surface area contributed by atoms with Crippen molar-refractivity contribution in [1.82, 2.24) is 0 Å². The van der Waals surface area contributed by atoms with Crippen LogP contribution in [-0.2, 0) is 5.41 Å². The van der Waals surface area contributed by atoms with Gasteiger partial charge in [0.25, 0.3) is 0 Å². The van der Waals surface area contributed by atoms with Crippen LogP contribution in [0.4, 0.5) is 0 Å². The Morgan fingerprint density at radius 2 is 1.03 bits per heavy atom. The molecule has 0 amide bonds. The fourth-order valence-electron chi connectivity index (χ4n) is 7.24. The third kappa shape index (κ3) is 2.73. The zero-order chi connectivity index (χ0) is 25.7. The van der Waals surface area contributed by atoms with Crippen LogP contribution in [0.3, 0.4) is 0 Å². The van der Waals surface area contributed by atoms with E-state index in [-0.39, 0.29) is 5.41 Å². The lowest BCUT2D eigenvalue weighted by Gasteiger charge is -2.30. The van der Waals surface area contributed by atoms with E-state index in [0.717, 1.165) is 4.47 Å². The number of rotatable bonds is 1. The number of benzene rings is 6. The summed E-state index contributed by atoms with van der Waals surface area (Å²) in [6.07, 6.45) is 0. The van der Waals surface area contributed by atoms with E-state index in [2.05, 4.69) is 143 Å². The molecule has 182 valence electrons. The molecule has 0 unspecified atom stereocenters. The highest BCUT2D eigenvalue weighted by atomic mass is 79.9. The van der Waals surface area contributed by atoms with E-state index in [4.69, 9.17) is 0 Å². The maximum Gasteiger partial charge on any atom is 0.0725 e. The summed E-state index contributed by atoms with van der Waals surface area (Å²) >= 11 is 5.66. The quantitative estimate of drug-likeness (QED) is 0.182. The van der Waals surface area contributed by atoms with Crippen molar-refractivity contribution in [3.05, 3.63) is 154 Å². The van der Waals surface area contributed by atoms with Crippen LogP contribution in [0, 0.1) is 0 Å². The number of hydrogen-bond donors (Lipinski definition) is 0. The lowest BCUT2D eigenvalue weighted by Crippen LogP contribution is -2.25. The zero-order valence-corrected chi connectivity index (χ0v) is 23.3. The molecule has 7 aromatic rings. The molecule has 1 heterocycles. The van der Waals surface area contributed by atoms with Crippen molar-refractivity contribution >= 4 is 47.4 Å². The van der Waals surface area contributed by atoms with Crippen LogP contribution in [0.15, 0.2) is 132 Å². The highest BCUT2D eigenvalue weighted by Gasteiger charge is 2.51. The van der Waals surface area contributed by atoms with E-state index >= 15 is 0 Å². The fourth-order valence-corrected chi connectivity index (χ4v) is 9.07. The molecule has 0 N–H and O–H groups in total. The van der Waals surface area contributed by atoms with E-state index < -0.39 is 0 Å². The molecule has 9 rings (SSSR count). The van der Waals surface area contributed by atoms with Crippen molar-refractivity contribution in [2.45, 2.75) is 5.41 Å². The summed E-state index contributed by atoms with van der Waals surface area (Å²) in [4.78, 5) is 0. The summed E-state index contributed by atoms with van der Waals surface area (Å²) in [5.41, 5.74) is 13.2. The van der Waals surface area contributed by atoms with Crippen molar-refractivity contribution in [3.63, 3.8) is 0 Å². The van der Waals surface area contributed by atoms with Crippen LogP contribution in [-0.4, -0.2) is 0 Å². The van der Waals surface area contributed by atoms with Crippen molar-refractivity contribution < 1.29 is 0 Å². The molecule has 0 saturated carbocycles. The standard InChI is InChI=1S/C37H21BrS/c38-33-14-7-15-35-36(33)28-21-23(17-19-34(28)39-35)22-16-18-32-27(20-22)26-10-3-6-13-31(26)37(32)29-11-4-1-8-24(29)25-9-2-5-12-30(25)37/h1-21H. The second-order valence-corrected chi connectivity index (χ2v) is 12.5. The highest BCUT2D eigenvalue weighted by molar-refractivity contribution is 9.10. The summed E-state index contributed by atoms with van der Waals surface area (Å²) in [7, 11) is 0. The van der Waals surface area contributed by atoms with Crippen LogP contribution in [0.25, 0.3) is 53.6 Å². The Bertz CT molecular complexity index is 2100. The third-order valence-corrected chi connectivity index (χ3v) is 10.6. The summed E-state index contributed by atoms with van der Waals surface area (Å²) < 4.78 is 3.80. The molecule has 1 spiro atoms. The largest absolute Gasteiger partial charge is 0.135 e. The molecule has 2 aliphatic rings. The van der Waals surface area contributed by atoms with Crippen LogP contribution >= 0.6 is 27.3 Å². The lowest BCUT2D eigenvalue weighted by atomic mass is 9.70. The highest BCUT2D eigenvalue weighted by Crippen LogP contribution is 2.62. The Balaban J connectivity index is 1.32. The molecule has 0 aliphatic heterocycles. The van der Waals surface area contributed by atoms with Crippen molar-refractivity contribution in [3.8, 4) is 33.4 Å². The topological polar surface area (TPSA) is 0 Å². The zero-order valence-electron chi connectivity index (χ0n) is 20.9. The van der Waals surface area contributed by atoms with Crippen LogP contribution in [0.1, 0.15) is 22.3 Å². The molecular formula is C37H21BrS. The monoisotopic (exact) mass is 576 g/mol. The Morgan fingerprint density at radius 1 is 0.462 bits per heavy atom. The molecule has 0 bridgehead atoms. The second kappa shape index (κ2) is 7.79. The summed E-state index contributed by atoms with van der Waals surface area (Å²) in [6.45, 7) is 0. The first-order chi connectivity index (χ1) is 19.2. The average Bonchev–Trinajstić information content (AvgIpc) is 3.61. The Morgan fingerprint density at radius 3 is 1.72 bits per heavy atom. The Kier molecular flexibility index (Phi) is 4.37. The van der Waals surface area contributed by atoms with E-state index in [1.165, 1.54) is 75.8 Å². The van der Waals surface area contributed by atoms with E-state index in [1.54, 1.807) is 0 Å². The van der Waals surface area contributed by atoms with Gasteiger partial charge in [-0.3, -0.25) is 0 Å². The molecule has 39 heavy (non-hydrogen) atoms. The number of fused-ring (bicyclic) bond motifs is 13. The number of thiophene rings is 1. The van der Waals surface area contributed by atoms with E-state index in [1.807, 2.05) is 11.3 Å². The first kappa shape index (κ1) is 21.9. The van der Waals surface area contributed by atoms with Gasteiger partial charge in [0, 0.05) is 24.6 Å². The molecule has 0 fully saturated rings. The maximum atomic E-state index is 3.80. The van der Waals surface area contributed by atoms with Gasteiger partial charge in [-0.05, 0) is 86.0 Å². The summed E-state index contributed by atoms with van der Waals surface area (Å²) in [5, 5.41) is 2.62. The molecule has 2 aliphatic carbocycles. The van der Waals surface area contributed by atoms with E-state index in [9.17, 15) is 0 Å². The third-order valence-electron chi connectivity index (χ3n) is 8.77. The van der Waals surface area contributed by atoms with Crippen LogP contribution in [0.2, 0.25) is 0 Å². The molecule has 1 aromatic heterocycles. The van der Waals surface area contributed by atoms with Gasteiger partial charge in [-0.15, -0.1) is 11.3 Å². The summed E-state index contributed by atoms with van der Waals surface area (Å²) in [5.74, 6) is 0. The molecule has 0 radical (unpaired) electrons. The van der Waals surface area contributed by atoms with Gasteiger partial charge in [0.2, 0.25) is 0 Å². The van der Waals surface area contributed by atoms with Gasteiger partial charge in [-0.1, -0.05) is 113 Å². The minimum Gasteiger partial charge on any atom is -0.135 e. The van der Waals surface area contributed by atoms with Crippen molar-refractivity contribution in [2.24, 2.45) is 0 Å². The minimum atomic E-state index is -0.282. The molecule has 6 aromatic carbocycles. The molecule has 2 heteroatoms. The molecule has 0 nitrogen and oxygen atoms in total.